The van der Waals surface area contributed by atoms with E-state index < -0.39 is 17.7 Å². The zero-order chi connectivity index (χ0) is 15.4. The first-order chi connectivity index (χ1) is 9.99. The van der Waals surface area contributed by atoms with Crippen LogP contribution in [0.25, 0.3) is 0 Å². The standard InChI is InChI=1S/C14H14N2O4S/c1-8(11-6-3-7-21-11)15-14(20)16-10-5-2-4-9(12(10)17)13(18)19/h2-8,17H,1H3,(H,18,19)(H2,15,16,20). The van der Waals surface area contributed by atoms with E-state index in [0.717, 1.165) is 4.88 Å². The number of carbonyl (C=O) groups excluding carboxylic acids is 1. The van der Waals surface area contributed by atoms with Gasteiger partial charge in [-0.2, -0.15) is 0 Å². The number of thiophene rings is 1. The number of phenols is 1. The predicted octanol–water partition coefficient (Wildman–Crippen LogP) is 3.03. The van der Waals surface area contributed by atoms with Crippen molar-refractivity contribution < 1.29 is 19.8 Å². The lowest BCUT2D eigenvalue weighted by Crippen LogP contribution is -2.30. The van der Waals surface area contributed by atoms with Gasteiger partial charge in [0.1, 0.15) is 5.56 Å². The topological polar surface area (TPSA) is 98.7 Å². The monoisotopic (exact) mass is 306 g/mol. The van der Waals surface area contributed by atoms with Gasteiger partial charge in [0.2, 0.25) is 0 Å². The molecule has 1 aromatic heterocycles. The van der Waals surface area contributed by atoms with Crippen LogP contribution in [0, 0.1) is 0 Å². The zero-order valence-corrected chi connectivity index (χ0v) is 12.0. The molecule has 0 aliphatic rings. The summed E-state index contributed by atoms with van der Waals surface area (Å²) in [6.07, 6.45) is 0. The first-order valence-corrected chi connectivity index (χ1v) is 7.03. The average molecular weight is 306 g/mol. The molecule has 2 rings (SSSR count). The minimum atomic E-state index is -1.26. The van der Waals surface area contributed by atoms with Crippen molar-refractivity contribution in [2.45, 2.75) is 13.0 Å². The molecule has 0 radical (unpaired) electrons. The third-order valence-corrected chi connectivity index (χ3v) is 3.89. The van der Waals surface area contributed by atoms with Gasteiger partial charge in [0.15, 0.2) is 5.75 Å². The van der Waals surface area contributed by atoms with Crippen LogP contribution in [0.3, 0.4) is 0 Å². The third kappa shape index (κ3) is 3.51. The summed E-state index contributed by atoms with van der Waals surface area (Å²) in [7, 11) is 0. The summed E-state index contributed by atoms with van der Waals surface area (Å²) in [5.74, 6) is -1.73. The number of aromatic hydroxyl groups is 1. The number of para-hydroxylation sites is 1. The summed E-state index contributed by atoms with van der Waals surface area (Å²) in [5, 5.41) is 25.8. The lowest BCUT2D eigenvalue weighted by atomic mass is 10.1. The molecule has 21 heavy (non-hydrogen) atoms. The van der Waals surface area contributed by atoms with Crippen LogP contribution in [0.5, 0.6) is 5.75 Å². The SMILES string of the molecule is CC(NC(=O)Nc1cccc(C(=O)O)c1O)c1cccs1. The van der Waals surface area contributed by atoms with Crippen molar-refractivity contribution in [3.63, 3.8) is 0 Å². The molecule has 2 aromatic rings. The van der Waals surface area contributed by atoms with Crippen molar-refractivity contribution in [3.8, 4) is 5.75 Å². The summed E-state index contributed by atoms with van der Waals surface area (Å²) in [6.45, 7) is 1.83. The van der Waals surface area contributed by atoms with E-state index in [2.05, 4.69) is 10.6 Å². The fraction of sp³-hybridized carbons (Fsp3) is 0.143. The summed E-state index contributed by atoms with van der Waals surface area (Å²) in [6, 6.07) is 7.22. The van der Waals surface area contributed by atoms with E-state index in [1.165, 1.54) is 29.5 Å². The Bertz CT molecular complexity index is 655. The number of carboxylic acids is 1. The summed E-state index contributed by atoms with van der Waals surface area (Å²) in [4.78, 5) is 23.8. The number of aromatic carboxylic acids is 1. The van der Waals surface area contributed by atoms with E-state index >= 15 is 0 Å². The summed E-state index contributed by atoms with van der Waals surface area (Å²) < 4.78 is 0. The maximum absolute atomic E-state index is 11.9. The van der Waals surface area contributed by atoms with Crippen molar-refractivity contribution in [2.75, 3.05) is 5.32 Å². The van der Waals surface area contributed by atoms with Crippen molar-refractivity contribution >= 4 is 29.0 Å². The molecule has 0 bridgehead atoms. The Kier molecular flexibility index (Phi) is 4.44. The predicted molar refractivity (Wildman–Crippen MR) is 80.0 cm³/mol. The Morgan fingerprint density at radius 3 is 2.62 bits per heavy atom. The van der Waals surface area contributed by atoms with Gasteiger partial charge in [-0.25, -0.2) is 9.59 Å². The molecule has 0 aliphatic carbocycles. The molecule has 1 atom stereocenters. The Hall–Kier alpha value is -2.54. The van der Waals surface area contributed by atoms with E-state index in [1.807, 2.05) is 24.4 Å². The molecular formula is C14H14N2O4S. The molecule has 0 saturated carbocycles. The van der Waals surface area contributed by atoms with Crippen LogP contribution in [0.15, 0.2) is 35.7 Å². The summed E-state index contributed by atoms with van der Waals surface area (Å²) in [5.41, 5.74) is -0.218. The number of carboxylic acid groups (broad SMARTS) is 1. The highest BCUT2D eigenvalue weighted by Gasteiger charge is 2.16. The molecule has 0 aliphatic heterocycles. The second kappa shape index (κ2) is 6.27. The highest BCUT2D eigenvalue weighted by atomic mass is 32.1. The van der Waals surface area contributed by atoms with Crippen LogP contribution in [0.4, 0.5) is 10.5 Å². The fourth-order valence-electron chi connectivity index (χ4n) is 1.78. The molecule has 0 fully saturated rings. The minimum Gasteiger partial charge on any atom is -0.505 e. The van der Waals surface area contributed by atoms with Gasteiger partial charge >= 0.3 is 12.0 Å². The zero-order valence-electron chi connectivity index (χ0n) is 11.2. The number of hydrogen-bond donors (Lipinski definition) is 4. The van der Waals surface area contributed by atoms with Gasteiger partial charge in [-0.1, -0.05) is 12.1 Å². The van der Waals surface area contributed by atoms with Crippen LogP contribution < -0.4 is 10.6 Å². The number of nitrogens with one attached hydrogen (secondary N) is 2. The lowest BCUT2D eigenvalue weighted by molar-refractivity contribution is 0.0693. The van der Waals surface area contributed by atoms with Gasteiger partial charge in [0.05, 0.1) is 11.7 Å². The number of anilines is 1. The van der Waals surface area contributed by atoms with Gasteiger partial charge < -0.3 is 20.8 Å². The van der Waals surface area contributed by atoms with Crippen LogP contribution >= 0.6 is 11.3 Å². The number of rotatable bonds is 4. The second-order valence-electron chi connectivity index (χ2n) is 4.34. The van der Waals surface area contributed by atoms with E-state index in [0.29, 0.717) is 0 Å². The van der Waals surface area contributed by atoms with E-state index in [-0.39, 0.29) is 17.3 Å². The van der Waals surface area contributed by atoms with Crippen molar-refractivity contribution in [3.05, 3.63) is 46.2 Å². The van der Waals surface area contributed by atoms with Gasteiger partial charge in [0, 0.05) is 4.88 Å². The molecule has 7 heteroatoms. The van der Waals surface area contributed by atoms with E-state index in [1.54, 1.807) is 0 Å². The quantitative estimate of drug-likeness (QED) is 0.652. The lowest BCUT2D eigenvalue weighted by Gasteiger charge is -2.14. The molecule has 0 saturated heterocycles. The third-order valence-electron chi connectivity index (χ3n) is 2.83. The number of amides is 2. The number of carbonyl (C=O) groups is 2. The molecule has 6 nitrogen and oxygen atoms in total. The Labute approximate surface area is 125 Å². The molecule has 1 aromatic carbocycles. The largest absolute Gasteiger partial charge is 0.505 e. The van der Waals surface area contributed by atoms with E-state index in [9.17, 15) is 14.7 Å². The molecule has 0 spiro atoms. The number of hydrogen-bond acceptors (Lipinski definition) is 4. The molecule has 2 amide bonds. The Morgan fingerprint density at radius 2 is 2.00 bits per heavy atom. The molecular weight excluding hydrogens is 292 g/mol. The van der Waals surface area contributed by atoms with Crippen molar-refractivity contribution in [2.24, 2.45) is 0 Å². The molecule has 4 N–H and O–H groups in total. The maximum atomic E-state index is 11.9. The highest BCUT2D eigenvalue weighted by molar-refractivity contribution is 7.10. The smallest absolute Gasteiger partial charge is 0.339 e. The normalized spacial score (nSPS) is 11.7. The van der Waals surface area contributed by atoms with Crippen LogP contribution in [0.2, 0.25) is 0 Å². The van der Waals surface area contributed by atoms with Crippen molar-refractivity contribution in [1.82, 2.24) is 5.32 Å². The van der Waals surface area contributed by atoms with E-state index in [4.69, 9.17) is 5.11 Å². The number of benzene rings is 1. The van der Waals surface area contributed by atoms with Crippen LogP contribution in [-0.2, 0) is 0 Å². The van der Waals surface area contributed by atoms with Crippen molar-refractivity contribution in [1.29, 1.82) is 0 Å². The maximum Gasteiger partial charge on any atom is 0.339 e. The molecule has 110 valence electrons. The first kappa shape index (κ1) is 14.9. The summed E-state index contributed by atoms with van der Waals surface area (Å²) >= 11 is 1.52. The van der Waals surface area contributed by atoms with Crippen LogP contribution in [0.1, 0.15) is 28.2 Å². The Morgan fingerprint density at radius 1 is 1.24 bits per heavy atom. The van der Waals surface area contributed by atoms with Gasteiger partial charge in [0.25, 0.3) is 0 Å². The minimum absolute atomic E-state index is 0.0470. The Balaban J connectivity index is 2.06. The number of urea groups is 1. The second-order valence-corrected chi connectivity index (χ2v) is 5.32. The fourth-order valence-corrected chi connectivity index (χ4v) is 2.52. The average Bonchev–Trinajstić information content (AvgIpc) is 2.94. The van der Waals surface area contributed by atoms with Gasteiger partial charge in [-0.3, -0.25) is 0 Å². The van der Waals surface area contributed by atoms with Crippen LogP contribution in [-0.4, -0.2) is 22.2 Å². The molecule has 1 heterocycles. The van der Waals surface area contributed by atoms with Gasteiger partial charge in [-0.05, 0) is 30.5 Å². The highest BCUT2D eigenvalue weighted by Crippen LogP contribution is 2.27. The molecule has 1 unspecified atom stereocenters. The first-order valence-electron chi connectivity index (χ1n) is 6.15. The van der Waals surface area contributed by atoms with Gasteiger partial charge in [-0.15, -0.1) is 11.3 Å².